The van der Waals surface area contributed by atoms with Gasteiger partial charge < -0.3 is 10.2 Å². The van der Waals surface area contributed by atoms with Crippen LogP contribution >= 0.6 is 22.6 Å². The van der Waals surface area contributed by atoms with Crippen LogP contribution in [0.2, 0.25) is 0 Å². The van der Waals surface area contributed by atoms with E-state index in [2.05, 4.69) is 5.32 Å². The van der Waals surface area contributed by atoms with Crippen molar-refractivity contribution in [3.8, 4) is 0 Å². The first-order chi connectivity index (χ1) is 14.1. The largest absolute Gasteiger partial charge is 0.342 e. The Morgan fingerprint density at radius 3 is 2.40 bits per heavy atom. The summed E-state index contributed by atoms with van der Waals surface area (Å²) in [6.07, 6.45) is 1.97. The average molecular weight is 547 g/mol. The summed E-state index contributed by atoms with van der Waals surface area (Å²) >= 11 is 2.03. The van der Waals surface area contributed by atoms with Crippen molar-refractivity contribution >= 4 is 44.4 Å². The van der Waals surface area contributed by atoms with E-state index < -0.39 is 21.6 Å². The van der Waals surface area contributed by atoms with Gasteiger partial charge in [-0.25, -0.2) is 8.42 Å². The van der Waals surface area contributed by atoms with Crippen LogP contribution in [0.5, 0.6) is 0 Å². The summed E-state index contributed by atoms with van der Waals surface area (Å²) in [4.78, 5) is 28.4. The van der Waals surface area contributed by atoms with Gasteiger partial charge >= 0.3 is 0 Å². The fourth-order valence-corrected chi connectivity index (χ4v) is 7.17. The molecule has 0 bridgehead atoms. The highest BCUT2D eigenvalue weighted by Gasteiger charge is 2.54. The van der Waals surface area contributed by atoms with E-state index in [1.807, 2.05) is 43.4 Å². The quantitative estimate of drug-likeness (QED) is 0.555. The van der Waals surface area contributed by atoms with Crippen LogP contribution in [0.3, 0.4) is 0 Å². The highest BCUT2D eigenvalue weighted by molar-refractivity contribution is 14.1. The maximum atomic E-state index is 13.2. The molecule has 2 aliphatic heterocycles. The molecular weight excluding hydrogens is 517 g/mol. The van der Waals surface area contributed by atoms with Crippen molar-refractivity contribution in [3.63, 3.8) is 0 Å². The van der Waals surface area contributed by atoms with Crippen molar-refractivity contribution in [2.75, 3.05) is 19.6 Å². The number of piperazine rings is 1. The Morgan fingerprint density at radius 1 is 1.20 bits per heavy atom. The van der Waals surface area contributed by atoms with E-state index in [4.69, 9.17) is 0 Å². The predicted molar refractivity (Wildman–Crippen MR) is 123 cm³/mol. The lowest BCUT2D eigenvalue weighted by atomic mass is 9.81. The standard InChI is InChI=1S/C21H30IN3O4S/c1-4-11-25-19(26)17(14-15(2)3)23-20(27)21(25)9-12-24(13-10-21)30(28,29)18-8-6-5-7-16(18)22/h5-8,15,17H,4,9-14H2,1-3H3,(H,23,27). The third-order valence-electron chi connectivity index (χ3n) is 5.97. The molecule has 2 fully saturated rings. The van der Waals surface area contributed by atoms with Gasteiger partial charge in [0.1, 0.15) is 11.6 Å². The molecule has 1 spiro atoms. The van der Waals surface area contributed by atoms with E-state index >= 15 is 0 Å². The molecule has 1 unspecified atom stereocenters. The first-order valence-electron chi connectivity index (χ1n) is 10.5. The average Bonchev–Trinajstić information content (AvgIpc) is 2.70. The third kappa shape index (κ3) is 4.25. The van der Waals surface area contributed by atoms with Gasteiger partial charge in [-0.15, -0.1) is 0 Å². The number of hydrogen-bond acceptors (Lipinski definition) is 4. The van der Waals surface area contributed by atoms with Gasteiger partial charge in [0.2, 0.25) is 21.8 Å². The van der Waals surface area contributed by atoms with E-state index in [1.54, 1.807) is 29.2 Å². The number of nitrogens with one attached hydrogen (secondary N) is 1. The van der Waals surface area contributed by atoms with Crippen LogP contribution in [0, 0.1) is 9.49 Å². The molecule has 30 heavy (non-hydrogen) atoms. The van der Waals surface area contributed by atoms with Crippen LogP contribution in [-0.2, 0) is 19.6 Å². The second kappa shape index (κ2) is 9.12. The molecule has 1 N–H and O–H groups in total. The SMILES string of the molecule is CCCN1C(=O)C(CC(C)C)NC(=O)C12CCN(S(=O)(=O)c1ccccc1I)CC2. The number of halogens is 1. The maximum Gasteiger partial charge on any atom is 0.246 e. The summed E-state index contributed by atoms with van der Waals surface area (Å²) in [6.45, 7) is 6.97. The minimum Gasteiger partial charge on any atom is -0.342 e. The Kier molecular flexibility index (Phi) is 7.13. The summed E-state index contributed by atoms with van der Waals surface area (Å²) < 4.78 is 28.4. The van der Waals surface area contributed by atoms with Crippen LogP contribution in [0.25, 0.3) is 0 Å². The van der Waals surface area contributed by atoms with Gasteiger partial charge in [-0.1, -0.05) is 32.9 Å². The highest BCUT2D eigenvalue weighted by Crippen LogP contribution is 2.36. The van der Waals surface area contributed by atoms with Crippen LogP contribution in [-0.4, -0.2) is 60.7 Å². The zero-order chi connectivity index (χ0) is 22.1. The molecule has 2 amide bonds. The van der Waals surface area contributed by atoms with Crippen LogP contribution in [0.15, 0.2) is 29.2 Å². The van der Waals surface area contributed by atoms with Gasteiger partial charge in [-0.2, -0.15) is 4.31 Å². The summed E-state index contributed by atoms with van der Waals surface area (Å²) in [5.41, 5.74) is -0.962. The summed E-state index contributed by atoms with van der Waals surface area (Å²) in [5, 5.41) is 2.94. The smallest absolute Gasteiger partial charge is 0.246 e. The minimum atomic E-state index is -3.64. The summed E-state index contributed by atoms with van der Waals surface area (Å²) in [7, 11) is -3.64. The van der Waals surface area contributed by atoms with Gasteiger partial charge in [0.05, 0.1) is 4.90 Å². The summed E-state index contributed by atoms with van der Waals surface area (Å²) in [6, 6.07) is 6.40. The van der Waals surface area contributed by atoms with Crippen molar-refractivity contribution in [2.45, 2.75) is 62.9 Å². The fraction of sp³-hybridized carbons (Fsp3) is 0.619. The number of benzene rings is 1. The van der Waals surface area contributed by atoms with Gasteiger partial charge in [0.15, 0.2) is 0 Å². The van der Waals surface area contributed by atoms with E-state index in [9.17, 15) is 18.0 Å². The Hall–Kier alpha value is -1.20. The molecule has 0 radical (unpaired) electrons. The van der Waals surface area contributed by atoms with Crippen molar-refractivity contribution in [1.82, 2.24) is 14.5 Å². The summed E-state index contributed by atoms with van der Waals surface area (Å²) in [5.74, 6) is 0.101. The predicted octanol–water partition coefficient (Wildman–Crippen LogP) is 2.60. The number of rotatable bonds is 6. The van der Waals surface area contributed by atoms with E-state index in [1.165, 1.54) is 4.31 Å². The lowest BCUT2D eigenvalue weighted by molar-refractivity contribution is -0.160. The van der Waals surface area contributed by atoms with Crippen molar-refractivity contribution in [3.05, 3.63) is 27.8 Å². The van der Waals surface area contributed by atoms with E-state index in [0.29, 0.717) is 29.4 Å². The zero-order valence-electron chi connectivity index (χ0n) is 17.7. The van der Waals surface area contributed by atoms with Gasteiger partial charge in [0.25, 0.3) is 0 Å². The molecule has 1 aromatic carbocycles. The van der Waals surface area contributed by atoms with E-state index in [0.717, 1.165) is 6.42 Å². The first-order valence-corrected chi connectivity index (χ1v) is 13.0. The van der Waals surface area contributed by atoms with E-state index in [-0.39, 0.29) is 35.7 Å². The lowest BCUT2D eigenvalue weighted by Crippen LogP contribution is -2.73. The third-order valence-corrected chi connectivity index (χ3v) is 9.23. The Labute approximate surface area is 192 Å². The van der Waals surface area contributed by atoms with Crippen molar-refractivity contribution in [2.24, 2.45) is 5.92 Å². The van der Waals surface area contributed by atoms with Crippen molar-refractivity contribution in [1.29, 1.82) is 0 Å². The molecule has 166 valence electrons. The molecule has 7 nitrogen and oxygen atoms in total. The molecule has 0 saturated carbocycles. The second-order valence-corrected chi connectivity index (χ2v) is 11.6. The van der Waals surface area contributed by atoms with Crippen LogP contribution in [0.1, 0.15) is 46.5 Å². The number of nitrogens with zero attached hydrogens (tertiary/aromatic N) is 2. The molecule has 2 aliphatic rings. The number of piperidine rings is 1. The lowest BCUT2D eigenvalue weighted by Gasteiger charge is -2.51. The normalized spacial score (nSPS) is 22.6. The zero-order valence-corrected chi connectivity index (χ0v) is 20.7. The second-order valence-electron chi connectivity index (χ2n) is 8.51. The Morgan fingerprint density at radius 2 is 1.83 bits per heavy atom. The topological polar surface area (TPSA) is 86.8 Å². The van der Waals surface area contributed by atoms with Crippen LogP contribution in [0.4, 0.5) is 0 Å². The van der Waals surface area contributed by atoms with Gasteiger partial charge in [0, 0.05) is 23.2 Å². The molecule has 9 heteroatoms. The monoisotopic (exact) mass is 547 g/mol. The highest BCUT2D eigenvalue weighted by atomic mass is 127. The minimum absolute atomic E-state index is 0.0425. The number of carbonyl (C=O) groups is 2. The first kappa shape index (κ1) is 23.5. The van der Waals surface area contributed by atoms with Crippen LogP contribution < -0.4 is 5.32 Å². The number of sulfonamides is 1. The number of hydrogen-bond donors (Lipinski definition) is 1. The van der Waals surface area contributed by atoms with Gasteiger partial charge in [-0.05, 0) is 66.3 Å². The molecule has 1 aromatic rings. The molecule has 0 aromatic heterocycles. The molecule has 1 atom stereocenters. The Bertz CT molecular complexity index is 911. The number of amides is 2. The Balaban J connectivity index is 1.84. The number of carbonyl (C=O) groups excluding carboxylic acids is 2. The molecule has 0 aliphatic carbocycles. The maximum absolute atomic E-state index is 13.2. The van der Waals surface area contributed by atoms with Gasteiger partial charge in [-0.3, -0.25) is 9.59 Å². The molecule has 3 rings (SSSR count). The molecule has 2 heterocycles. The molecular formula is C21H30IN3O4S. The fourth-order valence-electron chi connectivity index (χ4n) is 4.44. The van der Waals surface area contributed by atoms with Crippen molar-refractivity contribution < 1.29 is 18.0 Å². The molecule has 2 saturated heterocycles.